The first-order valence-corrected chi connectivity index (χ1v) is 10.4. The summed E-state index contributed by atoms with van der Waals surface area (Å²) in [7, 11) is 3.57. The molecule has 1 amide bonds. The van der Waals surface area contributed by atoms with E-state index in [1.54, 1.807) is 19.0 Å². The molecule has 4 rings (SSSR count). The smallest absolute Gasteiger partial charge is 0.244 e. The summed E-state index contributed by atoms with van der Waals surface area (Å²) in [5, 5.41) is 8.62. The summed E-state index contributed by atoms with van der Waals surface area (Å²) >= 11 is 9.54. The van der Waals surface area contributed by atoms with Crippen molar-refractivity contribution in [3.63, 3.8) is 0 Å². The maximum Gasteiger partial charge on any atom is 0.244 e. The molecule has 10 heteroatoms. The number of aromatic amines is 1. The number of piperazine rings is 1. The first-order valence-electron chi connectivity index (χ1n) is 9.26. The first-order chi connectivity index (χ1) is 14.0. The van der Waals surface area contributed by atoms with Crippen LogP contribution in [0.3, 0.4) is 0 Å². The Morgan fingerprint density at radius 1 is 1.17 bits per heavy atom. The molecule has 0 aliphatic carbocycles. The Morgan fingerprint density at radius 2 is 1.86 bits per heavy atom. The molecule has 1 N–H and O–H groups in total. The number of rotatable bonds is 4. The molecular formula is C19H21BrClN7O. The van der Waals surface area contributed by atoms with Crippen molar-refractivity contribution in [1.29, 1.82) is 0 Å². The molecule has 3 heterocycles. The van der Waals surface area contributed by atoms with Gasteiger partial charge in [-0.15, -0.1) is 0 Å². The van der Waals surface area contributed by atoms with Crippen LogP contribution in [0.4, 0.5) is 5.82 Å². The molecule has 1 aromatic carbocycles. The van der Waals surface area contributed by atoms with Crippen molar-refractivity contribution in [1.82, 2.24) is 30.0 Å². The van der Waals surface area contributed by atoms with E-state index in [0.717, 1.165) is 47.5 Å². The van der Waals surface area contributed by atoms with Crippen LogP contribution >= 0.6 is 27.5 Å². The van der Waals surface area contributed by atoms with Gasteiger partial charge in [0.05, 0.1) is 5.39 Å². The molecule has 0 spiro atoms. The van der Waals surface area contributed by atoms with Gasteiger partial charge in [-0.25, -0.2) is 9.97 Å². The Morgan fingerprint density at radius 3 is 2.52 bits per heavy atom. The van der Waals surface area contributed by atoms with Crippen molar-refractivity contribution in [3.8, 4) is 0 Å². The average Bonchev–Trinajstić information content (AvgIpc) is 3.11. The van der Waals surface area contributed by atoms with E-state index in [4.69, 9.17) is 11.6 Å². The van der Waals surface area contributed by atoms with Crippen LogP contribution in [0.1, 0.15) is 11.6 Å². The number of hydrogen-bond donors (Lipinski definition) is 1. The average molecular weight is 479 g/mol. The Labute approximate surface area is 182 Å². The normalized spacial score (nSPS) is 16.2. The number of likely N-dealkylation sites (N-methyl/N-ethyl adjacent to an activating group) is 1. The van der Waals surface area contributed by atoms with Gasteiger partial charge in [0.1, 0.15) is 22.8 Å². The molecule has 2 aromatic heterocycles. The van der Waals surface area contributed by atoms with Crippen LogP contribution < -0.4 is 4.90 Å². The van der Waals surface area contributed by atoms with Crippen molar-refractivity contribution in [2.24, 2.45) is 0 Å². The lowest BCUT2D eigenvalue weighted by molar-refractivity contribution is -0.134. The van der Waals surface area contributed by atoms with Crippen LogP contribution in [0.2, 0.25) is 5.02 Å². The van der Waals surface area contributed by atoms with Crippen molar-refractivity contribution in [2.75, 3.05) is 45.2 Å². The van der Waals surface area contributed by atoms with Gasteiger partial charge in [-0.3, -0.25) is 14.8 Å². The minimum absolute atomic E-state index is 0.0581. The van der Waals surface area contributed by atoms with E-state index < -0.39 is 0 Å². The summed E-state index contributed by atoms with van der Waals surface area (Å²) in [4.78, 5) is 27.7. The second-order valence-electron chi connectivity index (χ2n) is 7.14. The van der Waals surface area contributed by atoms with Gasteiger partial charge >= 0.3 is 0 Å². The minimum Gasteiger partial charge on any atom is -0.353 e. The van der Waals surface area contributed by atoms with Crippen LogP contribution in [-0.4, -0.2) is 76.1 Å². The molecule has 152 valence electrons. The Kier molecular flexibility index (Phi) is 5.71. The maximum absolute atomic E-state index is 13.0. The zero-order valence-electron chi connectivity index (χ0n) is 16.1. The summed E-state index contributed by atoms with van der Waals surface area (Å²) in [6, 6.07) is 7.18. The summed E-state index contributed by atoms with van der Waals surface area (Å²) < 4.78 is 0.771. The molecule has 29 heavy (non-hydrogen) atoms. The van der Waals surface area contributed by atoms with Crippen molar-refractivity contribution >= 4 is 50.3 Å². The van der Waals surface area contributed by atoms with Crippen LogP contribution in [0.25, 0.3) is 11.0 Å². The summed E-state index contributed by atoms with van der Waals surface area (Å²) in [5.74, 6) is 0.903. The number of nitrogens with zero attached hydrogens (tertiary/aromatic N) is 6. The highest BCUT2D eigenvalue weighted by Gasteiger charge is 2.32. The monoisotopic (exact) mass is 477 g/mol. The zero-order chi connectivity index (χ0) is 20.5. The van der Waals surface area contributed by atoms with E-state index in [1.165, 1.54) is 6.33 Å². The van der Waals surface area contributed by atoms with Crippen molar-refractivity contribution in [2.45, 2.75) is 6.04 Å². The highest BCUT2D eigenvalue weighted by Crippen LogP contribution is 2.31. The second kappa shape index (κ2) is 8.25. The number of H-pyrrole nitrogens is 1. The summed E-state index contributed by atoms with van der Waals surface area (Å²) in [6.07, 6.45) is 1.53. The second-order valence-corrected chi connectivity index (χ2v) is 8.37. The number of nitrogens with one attached hydrogen (secondary N) is 1. The van der Waals surface area contributed by atoms with Crippen LogP contribution in [-0.2, 0) is 4.79 Å². The molecule has 8 nitrogen and oxygen atoms in total. The number of benzene rings is 1. The molecular weight excluding hydrogens is 458 g/mol. The van der Waals surface area contributed by atoms with Gasteiger partial charge in [-0.1, -0.05) is 23.7 Å². The molecule has 1 aliphatic rings. The van der Waals surface area contributed by atoms with E-state index in [9.17, 15) is 4.79 Å². The molecule has 0 saturated carbocycles. The summed E-state index contributed by atoms with van der Waals surface area (Å²) in [6.45, 7) is 2.95. The van der Waals surface area contributed by atoms with Gasteiger partial charge in [0.2, 0.25) is 5.91 Å². The Hall–Kier alpha value is -2.23. The number of fused-ring (bicyclic) bond motifs is 1. The van der Waals surface area contributed by atoms with Gasteiger partial charge in [-0.05, 0) is 33.6 Å². The predicted octanol–water partition coefficient (Wildman–Crippen LogP) is 2.72. The quantitative estimate of drug-likeness (QED) is 0.621. The predicted molar refractivity (Wildman–Crippen MR) is 116 cm³/mol. The van der Waals surface area contributed by atoms with E-state index >= 15 is 0 Å². The molecule has 1 unspecified atom stereocenters. The molecule has 0 bridgehead atoms. The highest BCUT2D eigenvalue weighted by atomic mass is 79.9. The van der Waals surface area contributed by atoms with E-state index in [1.807, 2.05) is 24.3 Å². The van der Waals surface area contributed by atoms with Gasteiger partial charge in [-0.2, -0.15) is 5.10 Å². The lowest BCUT2D eigenvalue weighted by atomic mass is 10.0. The fourth-order valence-corrected chi connectivity index (χ4v) is 4.21. The lowest BCUT2D eigenvalue weighted by Gasteiger charge is -2.40. The van der Waals surface area contributed by atoms with Gasteiger partial charge in [0.15, 0.2) is 5.65 Å². The Balaban J connectivity index is 1.57. The number of carbonyl (C=O) groups is 1. The molecule has 1 atom stereocenters. The third kappa shape index (κ3) is 3.94. The van der Waals surface area contributed by atoms with Crippen molar-refractivity contribution in [3.05, 3.63) is 45.8 Å². The largest absolute Gasteiger partial charge is 0.353 e. The van der Waals surface area contributed by atoms with Gasteiger partial charge in [0.25, 0.3) is 0 Å². The third-order valence-electron chi connectivity index (χ3n) is 5.13. The maximum atomic E-state index is 13.0. The third-order valence-corrected chi connectivity index (χ3v) is 5.95. The number of amides is 1. The fourth-order valence-electron chi connectivity index (χ4n) is 3.64. The fraction of sp³-hybridized carbons (Fsp3) is 0.368. The standard InChI is InChI=1S/C19H21BrClN7O/c1-26(2)19(29)15(12-3-5-13(21)6-4-12)27-7-9-28(10-8-27)18-14-16(20)24-25-17(14)22-11-23-18/h3-6,11,15H,7-10H2,1-2H3,(H,22,23,24,25). The molecule has 0 radical (unpaired) electrons. The lowest BCUT2D eigenvalue weighted by Crippen LogP contribution is -2.51. The Bertz CT molecular complexity index is 1020. The first kappa shape index (κ1) is 20.1. The highest BCUT2D eigenvalue weighted by molar-refractivity contribution is 9.10. The number of anilines is 1. The van der Waals surface area contributed by atoms with Crippen LogP contribution in [0.5, 0.6) is 0 Å². The van der Waals surface area contributed by atoms with Crippen LogP contribution in [0, 0.1) is 0 Å². The van der Waals surface area contributed by atoms with Crippen molar-refractivity contribution < 1.29 is 4.79 Å². The number of carbonyl (C=O) groups excluding carboxylic acids is 1. The van der Waals surface area contributed by atoms with Crippen LogP contribution in [0.15, 0.2) is 35.2 Å². The molecule has 1 fully saturated rings. The molecule has 3 aromatic rings. The van der Waals surface area contributed by atoms with E-state index in [-0.39, 0.29) is 11.9 Å². The topological polar surface area (TPSA) is 81.2 Å². The van der Waals surface area contributed by atoms with E-state index in [2.05, 4.69) is 45.9 Å². The SMILES string of the molecule is CN(C)C(=O)C(c1ccc(Cl)cc1)N1CCN(c2ncnc3n[nH]c(Br)c23)CC1. The molecule has 1 aliphatic heterocycles. The zero-order valence-corrected chi connectivity index (χ0v) is 18.5. The van der Waals surface area contributed by atoms with Gasteiger partial charge < -0.3 is 9.80 Å². The number of halogens is 2. The minimum atomic E-state index is -0.338. The molecule has 1 saturated heterocycles. The summed E-state index contributed by atoms with van der Waals surface area (Å²) in [5.41, 5.74) is 1.58. The van der Waals surface area contributed by atoms with Gasteiger partial charge in [0, 0.05) is 45.3 Å². The van der Waals surface area contributed by atoms with E-state index in [0.29, 0.717) is 10.7 Å². The number of aromatic nitrogens is 4. The number of hydrogen-bond acceptors (Lipinski definition) is 6.